The van der Waals surface area contributed by atoms with Gasteiger partial charge < -0.3 is 20.1 Å². The molecule has 4 fully saturated rings. The van der Waals surface area contributed by atoms with Crippen LogP contribution in [0.4, 0.5) is 11.8 Å². The van der Waals surface area contributed by atoms with Crippen molar-refractivity contribution in [3.05, 3.63) is 11.8 Å². The van der Waals surface area contributed by atoms with Crippen LogP contribution >= 0.6 is 0 Å². The Balaban J connectivity index is 1.36. The van der Waals surface area contributed by atoms with Crippen molar-refractivity contribution in [2.45, 2.75) is 49.7 Å². The van der Waals surface area contributed by atoms with E-state index in [4.69, 9.17) is 14.7 Å². The molecule has 0 radical (unpaired) electrons. The number of aliphatic hydroxyl groups is 1. The van der Waals surface area contributed by atoms with Gasteiger partial charge >= 0.3 is 0 Å². The fraction of sp³-hybridized carbons (Fsp3) is 0.789. The molecule has 4 saturated heterocycles. The number of hydrogen-bond donors (Lipinski definition) is 2. The lowest BCUT2D eigenvalue weighted by molar-refractivity contribution is 0.140. The van der Waals surface area contributed by atoms with Gasteiger partial charge in [-0.3, -0.25) is 4.90 Å². The molecule has 0 saturated carbocycles. The fourth-order valence-electron chi connectivity index (χ4n) is 5.05. The monoisotopic (exact) mass is 359 g/mol. The van der Waals surface area contributed by atoms with Crippen molar-refractivity contribution >= 4 is 11.8 Å². The number of anilines is 2. The Morgan fingerprint density at radius 2 is 2.04 bits per heavy atom. The summed E-state index contributed by atoms with van der Waals surface area (Å²) in [5.74, 6) is 2.02. The summed E-state index contributed by atoms with van der Waals surface area (Å²) in [6.45, 7) is 6.26. The zero-order valence-corrected chi connectivity index (χ0v) is 15.4. The highest BCUT2D eigenvalue weighted by atomic mass is 16.5. The van der Waals surface area contributed by atoms with Gasteiger partial charge in [0, 0.05) is 43.8 Å². The molecule has 1 unspecified atom stereocenters. The van der Waals surface area contributed by atoms with Crippen LogP contribution in [0.1, 0.15) is 43.7 Å². The normalized spacial score (nSPS) is 28.3. The fourth-order valence-corrected chi connectivity index (χ4v) is 5.05. The second-order valence-corrected chi connectivity index (χ2v) is 8.37. The molecule has 2 N–H and O–H groups in total. The van der Waals surface area contributed by atoms with Gasteiger partial charge in [0.1, 0.15) is 5.82 Å². The minimum Gasteiger partial charge on any atom is -0.389 e. The molecule has 1 aromatic heterocycles. The van der Waals surface area contributed by atoms with Gasteiger partial charge in [0.05, 0.1) is 18.4 Å². The first-order valence-electron chi connectivity index (χ1n) is 10.1. The molecule has 142 valence electrons. The van der Waals surface area contributed by atoms with Crippen LogP contribution in [0.25, 0.3) is 0 Å². The second-order valence-electron chi connectivity index (χ2n) is 8.37. The summed E-state index contributed by atoms with van der Waals surface area (Å²) in [5.41, 5.74) is 1.40. The smallest absolute Gasteiger partial charge is 0.227 e. The third-order valence-electron chi connectivity index (χ3n) is 6.64. The first-order chi connectivity index (χ1) is 12.7. The predicted molar refractivity (Wildman–Crippen MR) is 99.7 cm³/mol. The van der Waals surface area contributed by atoms with E-state index < -0.39 is 0 Å². The molecule has 5 rings (SSSR count). The number of aromatic nitrogens is 2. The van der Waals surface area contributed by atoms with Gasteiger partial charge in [0.2, 0.25) is 5.95 Å². The number of rotatable bonds is 5. The Kier molecular flexibility index (Phi) is 4.26. The molecule has 7 nitrogen and oxygen atoms in total. The largest absolute Gasteiger partial charge is 0.389 e. The van der Waals surface area contributed by atoms with Gasteiger partial charge in [0.15, 0.2) is 0 Å². The van der Waals surface area contributed by atoms with Gasteiger partial charge in [-0.15, -0.1) is 0 Å². The van der Waals surface area contributed by atoms with Crippen LogP contribution in [0.15, 0.2) is 6.07 Å². The number of nitrogens with one attached hydrogen (secondary N) is 1. The molecular formula is C19H29N5O2. The van der Waals surface area contributed by atoms with E-state index in [1.54, 1.807) is 0 Å². The molecule has 0 spiro atoms. The summed E-state index contributed by atoms with van der Waals surface area (Å²) in [4.78, 5) is 14.3. The standard InChI is InChI=1S/C19H29N5O2/c25-15-10-23(11-15)18-21-16(14-3-8-26-12-14)9-17(22-18)20-13-19-4-1-6-24(19)7-2-5-19/h9,14-15,25H,1-8,10-13H2,(H,20,21,22). The molecule has 5 heterocycles. The van der Waals surface area contributed by atoms with E-state index in [2.05, 4.69) is 21.2 Å². The maximum atomic E-state index is 9.64. The molecule has 0 bridgehead atoms. The van der Waals surface area contributed by atoms with Crippen molar-refractivity contribution in [3.8, 4) is 0 Å². The van der Waals surface area contributed by atoms with Gasteiger partial charge in [-0.05, 0) is 45.2 Å². The third-order valence-corrected chi connectivity index (χ3v) is 6.64. The topological polar surface area (TPSA) is 73.8 Å². The SMILES string of the molecule is OC1CN(c2nc(NCC34CCCN3CCC4)cc(C3CCOC3)n2)C1. The lowest BCUT2D eigenvalue weighted by atomic mass is 9.94. The molecule has 4 aliphatic heterocycles. The van der Waals surface area contributed by atoms with Gasteiger partial charge in [-0.1, -0.05) is 0 Å². The number of fused-ring (bicyclic) bond motifs is 1. The number of ether oxygens (including phenoxy) is 1. The molecular weight excluding hydrogens is 330 g/mol. The number of hydrogen-bond acceptors (Lipinski definition) is 7. The van der Waals surface area contributed by atoms with Gasteiger partial charge in [0.25, 0.3) is 0 Å². The molecule has 7 heteroatoms. The van der Waals surface area contributed by atoms with E-state index >= 15 is 0 Å². The lowest BCUT2D eigenvalue weighted by Crippen LogP contribution is -2.51. The van der Waals surface area contributed by atoms with Gasteiger partial charge in [-0.25, -0.2) is 4.98 Å². The molecule has 1 aromatic rings. The Bertz CT molecular complexity index is 647. The zero-order chi connectivity index (χ0) is 17.6. The van der Waals surface area contributed by atoms with Crippen LogP contribution in [-0.4, -0.2) is 77.6 Å². The second kappa shape index (κ2) is 6.62. The Labute approximate surface area is 154 Å². The summed E-state index contributed by atoms with van der Waals surface area (Å²) in [7, 11) is 0. The highest BCUT2D eigenvalue weighted by Crippen LogP contribution is 2.39. The first kappa shape index (κ1) is 16.7. The maximum absolute atomic E-state index is 9.64. The molecule has 26 heavy (non-hydrogen) atoms. The van der Waals surface area contributed by atoms with Crippen LogP contribution < -0.4 is 10.2 Å². The van der Waals surface area contributed by atoms with Crippen LogP contribution in [0.3, 0.4) is 0 Å². The minimum atomic E-state index is -0.252. The summed E-state index contributed by atoms with van der Waals surface area (Å²) >= 11 is 0. The van der Waals surface area contributed by atoms with Crippen molar-refractivity contribution in [1.29, 1.82) is 0 Å². The summed E-state index contributed by atoms with van der Waals surface area (Å²) < 4.78 is 5.57. The molecule has 4 aliphatic rings. The van der Waals surface area contributed by atoms with Crippen molar-refractivity contribution in [2.75, 3.05) is 56.2 Å². The Morgan fingerprint density at radius 1 is 1.23 bits per heavy atom. The van der Waals surface area contributed by atoms with Crippen molar-refractivity contribution in [1.82, 2.24) is 14.9 Å². The Hall–Kier alpha value is -1.44. The summed E-state index contributed by atoms with van der Waals surface area (Å²) in [6, 6.07) is 2.12. The van der Waals surface area contributed by atoms with Crippen LogP contribution in [0.2, 0.25) is 0 Å². The maximum Gasteiger partial charge on any atom is 0.227 e. The van der Waals surface area contributed by atoms with E-state index in [9.17, 15) is 5.11 Å². The van der Waals surface area contributed by atoms with E-state index in [1.165, 1.54) is 38.8 Å². The molecule has 0 aliphatic carbocycles. The average molecular weight is 359 g/mol. The highest BCUT2D eigenvalue weighted by molar-refractivity contribution is 5.47. The minimum absolute atomic E-state index is 0.252. The van der Waals surface area contributed by atoms with E-state index in [1.807, 2.05) is 0 Å². The first-order valence-corrected chi connectivity index (χ1v) is 10.1. The quantitative estimate of drug-likeness (QED) is 0.818. The van der Waals surface area contributed by atoms with Crippen LogP contribution in [0, 0.1) is 0 Å². The third kappa shape index (κ3) is 2.96. The highest BCUT2D eigenvalue weighted by Gasteiger charge is 2.44. The van der Waals surface area contributed by atoms with E-state index in [-0.39, 0.29) is 6.10 Å². The van der Waals surface area contributed by atoms with Crippen molar-refractivity contribution in [3.63, 3.8) is 0 Å². The van der Waals surface area contributed by atoms with Crippen LogP contribution in [-0.2, 0) is 4.74 Å². The molecule has 0 aromatic carbocycles. The van der Waals surface area contributed by atoms with Crippen molar-refractivity contribution in [2.24, 2.45) is 0 Å². The zero-order valence-electron chi connectivity index (χ0n) is 15.4. The van der Waals surface area contributed by atoms with Crippen LogP contribution in [0.5, 0.6) is 0 Å². The Morgan fingerprint density at radius 3 is 2.73 bits per heavy atom. The molecule has 0 amide bonds. The lowest BCUT2D eigenvalue weighted by Gasteiger charge is -2.36. The van der Waals surface area contributed by atoms with E-state index in [0.717, 1.165) is 43.6 Å². The summed E-state index contributed by atoms with van der Waals surface area (Å²) in [5, 5.41) is 13.3. The number of nitrogens with zero attached hydrogens (tertiary/aromatic N) is 4. The van der Waals surface area contributed by atoms with E-state index in [0.29, 0.717) is 24.5 Å². The predicted octanol–water partition coefficient (Wildman–Crippen LogP) is 1.20. The summed E-state index contributed by atoms with van der Waals surface area (Å²) in [6.07, 6.45) is 5.98. The number of β-amino-alcohol motifs (C(OH)–C–C–N with tert-alkyl or cyclic N) is 1. The number of aliphatic hydroxyl groups excluding tert-OH is 1. The molecule has 1 atom stereocenters. The van der Waals surface area contributed by atoms with Crippen molar-refractivity contribution < 1.29 is 9.84 Å². The van der Waals surface area contributed by atoms with Gasteiger partial charge in [-0.2, -0.15) is 4.98 Å². The average Bonchev–Trinajstić information content (AvgIpc) is 3.33.